The molecule has 112 heavy (non-hydrogen) atoms. The predicted octanol–water partition coefficient (Wildman–Crippen LogP) is -20.4. The molecule has 8 aliphatic heterocycles. The first kappa shape index (κ1) is 93.7. The average molecular weight is 1640 g/mol. The Hall–Kier alpha value is -3.80. The van der Waals surface area contributed by atoms with Crippen molar-refractivity contribution in [1.29, 1.82) is 0 Å². The van der Waals surface area contributed by atoms with Crippen molar-refractivity contribution in [2.45, 2.75) is 298 Å². The molecule has 0 aromatic heterocycles. The molecule has 50 nitrogen and oxygen atoms in total. The number of hydrogen-bond donors (Lipinski definition) is 30. The predicted molar refractivity (Wildman–Crippen MR) is 346 cm³/mol. The van der Waals surface area contributed by atoms with Gasteiger partial charge in [0.2, 0.25) is 23.6 Å². The number of aliphatic hydroxyl groups excluding tert-OH is 26. The van der Waals surface area contributed by atoms with Crippen molar-refractivity contribution in [3.63, 3.8) is 0 Å². The van der Waals surface area contributed by atoms with Crippen LogP contribution in [0.15, 0.2) is 0 Å². The zero-order valence-corrected chi connectivity index (χ0v) is 60.3. The summed E-state index contributed by atoms with van der Waals surface area (Å²) < 4.78 is 96.3. The first-order valence-electron chi connectivity index (χ1n) is 35.5. The molecule has 8 fully saturated rings. The molecule has 50 heteroatoms. The van der Waals surface area contributed by atoms with Crippen molar-refractivity contribution in [1.82, 2.24) is 21.3 Å². The number of aliphatic hydroxyl groups is 26. The summed E-state index contributed by atoms with van der Waals surface area (Å²) in [6.45, 7) is -7.71. The topological polar surface area (TPSA) is 790 Å². The van der Waals surface area contributed by atoms with Gasteiger partial charge in [0.05, 0.1) is 72.1 Å². The normalized spacial score (nSPS) is 45.9. The van der Waals surface area contributed by atoms with Crippen LogP contribution in [0.25, 0.3) is 0 Å². The second-order valence-corrected chi connectivity index (χ2v) is 28.0. The van der Waals surface area contributed by atoms with Gasteiger partial charge < -0.3 is 230 Å². The van der Waals surface area contributed by atoms with Gasteiger partial charge in [-0.1, -0.05) is 0 Å². The van der Waals surface area contributed by atoms with Gasteiger partial charge in [-0.3, -0.25) is 19.2 Å². The first-order chi connectivity index (χ1) is 52.9. The van der Waals surface area contributed by atoms with Crippen molar-refractivity contribution in [2.75, 3.05) is 66.1 Å². The Balaban J connectivity index is 1.28. The smallest absolute Gasteiger partial charge is 0.217 e. The lowest BCUT2D eigenvalue weighted by Gasteiger charge is -2.52. The molecule has 44 atom stereocenters. The summed E-state index contributed by atoms with van der Waals surface area (Å²) >= 11 is 0. The Morgan fingerprint density at radius 2 is 0.652 bits per heavy atom. The highest BCUT2D eigenvalue weighted by Crippen LogP contribution is 2.40. The fraction of sp³-hybridized carbons (Fsp3) is 0.935. The van der Waals surface area contributed by atoms with Gasteiger partial charge in [-0.25, -0.2) is 0 Å². The third kappa shape index (κ3) is 21.4. The summed E-state index contributed by atoms with van der Waals surface area (Å²) in [7, 11) is 0. The highest BCUT2D eigenvalue weighted by Gasteiger charge is 2.61. The summed E-state index contributed by atoms with van der Waals surface area (Å²) in [6, 6.07) is -7.59. The van der Waals surface area contributed by atoms with E-state index < -0.39 is 360 Å². The standard InChI is InChI=1S/C62H106N4O46/c1-15(75)63-19(5-67)32(80)49(20(79)6-68)107-57-31(66-18(4)78)41(89)50(26(12-74)104-57)108-61-48(96)53(111-62-54(44(92)37(85)25(11-73)103-62)112-56-30(65-17(3)77)40(88)34(82)22(8-70)100-56)51(109-55-29(64-16(2)76)39(87)33(81)21(7-69)99-55)28(106-61)14-98-59-47(95)52(110-60-46(94)43(91)36(84)24(10-72)102-60)38(86)27(105-59)13-97-58-45(93)42(90)35(83)23(9-71)101-58/h19-62,67-74,79-96H,5-14H2,1-4H3,(H,63,75)(H,64,76)(H,65,77)(H,66,78)/t19-,20+,21+,22+,23+,24+,25+,26+,27+,28+,29+,30+,31+,32+,33+,34+,35+,36+,37+,38+,39+,40+,41+,42-,43-,44-,45-,46-,47-,48-,49+,50+,51+,52-,53+,54-,55-,56-,57-,58-,59-,60+,61-,62+/m0/s1. The Morgan fingerprint density at radius 3 is 1.12 bits per heavy atom. The lowest BCUT2D eigenvalue weighted by molar-refractivity contribution is -0.406. The van der Waals surface area contributed by atoms with Crippen molar-refractivity contribution in [2.24, 2.45) is 0 Å². The second kappa shape index (κ2) is 41.7. The first-order valence-corrected chi connectivity index (χ1v) is 35.5. The highest BCUT2D eigenvalue weighted by atomic mass is 16.8. The quantitative estimate of drug-likeness (QED) is 0.0290. The SMILES string of the molecule is CC(=O)N[C@H]1[C@H](O[C@@H]([C@H](O)[C@H](CO)NC(C)=O)[C@H](O)CO)O[C@H](CO)[C@@H](O[C@@H]2O[C@H](CO[C@H]3O[C@H](CO[C@H]4O[C@H](CO)[C@@H](O)[C@H](O)[C@@H]4O)[C@@H](O)[C@H](O[C@H]4O[C@H](CO)[C@@H](O)[C@H](O)[C@@H]4O)[C@@H]3O)[C@@H](O[C@@H]3O[C@H](CO)[C@@H](O)[C@H](O)[C@H]3NC(C)=O)[C@H](O[C@H]3O[C@H](CO)[C@@H](O)[C@H](O)[C@@H]3O[C@@H]3O[C@H](CO)[C@@H](O)[C@H](O)[C@H]3NC(C)=O)[C@@H]2O)[C@@H]1O. The molecule has 8 heterocycles. The van der Waals surface area contributed by atoms with Gasteiger partial charge in [0, 0.05) is 27.7 Å². The second-order valence-electron chi connectivity index (χ2n) is 28.0. The molecule has 0 radical (unpaired) electrons. The fourth-order valence-corrected chi connectivity index (χ4v) is 13.9. The number of hydrogen-bond acceptors (Lipinski definition) is 46. The van der Waals surface area contributed by atoms with Crippen molar-refractivity contribution >= 4 is 23.6 Å². The van der Waals surface area contributed by atoms with Crippen LogP contribution in [-0.2, 0) is 95.0 Å². The van der Waals surface area contributed by atoms with Crippen LogP contribution in [0, 0.1) is 0 Å². The lowest BCUT2D eigenvalue weighted by Crippen LogP contribution is -2.71. The van der Waals surface area contributed by atoms with E-state index in [0.717, 1.165) is 27.7 Å². The minimum absolute atomic E-state index is 0.830. The summed E-state index contributed by atoms with van der Waals surface area (Å²) in [5.41, 5.74) is 0. The summed E-state index contributed by atoms with van der Waals surface area (Å²) in [5.74, 6) is -3.75. The summed E-state index contributed by atoms with van der Waals surface area (Å²) in [6.07, 6.45) is -87.6. The fourth-order valence-electron chi connectivity index (χ4n) is 13.9. The van der Waals surface area contributed by atoms with Crippen LogP contribution in [0.3, 0.4) is 0 Å². The molecular weight excluding hydrogens is 1540 g/mol. The van der Waals surface area contributed by atoms with Gasteiger partial charge in [0.15, 0.2) is 50.3 Å². The summed E-state index contributed by atoms with van der Waals surface area (Å²) in [5, 5.41) is 298. The average Bonchev–Trinajstić information content (AvgIpc) is 0.759. The van der Waals surface area contributed by atoms with E-state index in [1.54, 1.807) is 0 Å². The van der Waals surface area contributed by atoms with E-state index in [1.807, 2.05) is 0 Å². The molecule has 0 aliphatic carbocycles. The van der Waals surface area contributed by atoms with Crippen LogP contribution in [-0.4, -0.2) is 492 Å². The van der Waals surface area contributed by atoms with Gasteiger partial charge in [-0.05, 0) is 0 Å². The molecule has 650 valence electrons. The van der Waals surface area contributed by atoms with Crippen LogP contribution in [0.5, 0.6) is 0 Å². The van der Waals surface area contributed by atoms with Gasteiger partial charge in [-0.2, -0.15) is 0 Å². The van der Waals surface area contributed by atoms with Crippen LogP contribution < -0.4 is 21.3 Å². The van der Waals surface area contributed by atoms with Crippen LogP contribution in [0.2, 0.25) is 0 Å². The Labute approximate surface area is 634 Å². The number of nitrogens with one attached hydrogen (secondary N) is 4. The number of amides is 4. The van der Waals surface area contributed by atoms with Crippen LogP contribution in [0.4, 0.5) is 0 Å². The zero-order chi connectivity index (χ0) is 82.9. The van der Waals surface area contributed by atoms with E-state index in [0.29, 0.717) is 0 Å². The van der Waals surface area contributed by atoms with E-state index >= 15 is 0 Å². The van der Waals surface area contributed by atoms with Crippen LogP contribution >= 0.6 is 0 Å². The van der Waals surface area contributed by atoms with Gasteiger partial charge in [0.1, 0.15) is 213 Å². The number of carbonyl (C=O) groups excluding carboxylic acids is 4. The molecular formula is C62H106N4O46. The Kier molecular flexibility index (Phi) is 34.9. The zero-order valence-electron chi connectivity index (χ0n) is 60.3. The van der Waals surface area contributed by atoms with Crippen molar-refractivity contribution in [3.8, 4) is 0 Å². The van der Waals surface area contributed by atoms with Crippen molar-refractivity contribution in [3.05, 3.63) is 0 Å². The molecule has 0 spiro atoms. The van der Waals surface area contributed by atoms with E-state index in [1.165, 1.54) is 0 Å². The Morgan fingerprint density at radius 1 is 0.304 bits per heavy atom. The van der Waals surface area contributed by atoms with E-state index in [-0.39, 0.29) is 0 Å². The molecule has 0 saturated carbocycles. The molecule has 0 aromatic carbocycles. The number of ether oxygens (including phenoxy) is 16. The number of carbonyl (C=O) groups is 4. The minimum atomic E-state index is -2.72. The van der Waals surface area contributed by atoms with Gasteiger partial charge in [-0.15, -0.1) is 0 Å². The largest absolute Gasteiger partial charge is 0.394 e. The lowest BCUT2D eigenvalue weighted by atomic mass is 9.93. The third-order valence-corrected chi connectivity index (χ3v) is 20.0. The highest BCUT2D eigenvalue weighted by molar-refractivity contribution is 5.74. The molecule has 8 aliphatic rings. The van der Waals surface area contributed by atoms with E-state index in [9.17, 15) is 152 Å². The number of rotatable bonds is 33. The molecule has 8 saturated heterocycles. The Bertz CT molecular complexity index is 2920. The molecule has 0 bridgehead atoms. The van der Waals surface area contributed by atoms with Gasteiger partial charge >= 0.3 is 0 Å². The van der Waals surface area contributed by atoms with Gasteiger partial charge in [0.25, 0.3) is 0 Å². The maximum absolute atomic E-state index is 13.2. The summed E-state index contributed by atoms with van der Waals surface area (Å²) in [4.78, 5) is 50.9. The molecule has 4 amide bonds. The van der Waals surface area contributed by atoms with E-state index in [2.05, 4.69) is 21.3 Å². The van der Waals surface area contributed by atoms with Crippen molar-refractivity contribution < 1.29 is 228 Å². The molecule has 30 N–H and O–H groups in total. The minimum Gasteiger partial charge on any atom is -0.394 e. The maximum atomic E-state index is 13.2. The maximum Gasteiger partial charge on any atom is 0.217 e. The van der Waals surface area contributed by atoms with Crippen LogP contribution in [0.1, 0.15) is 27.7 Å². The third-order valence-electron chi connectivity index (χ3n) is 20.0. The monoisotopic (exact) mass is 1640 g/mol. The van der Waals surface area contributed by atoms with E-state index in [4.69, 9.17) is 75.8 Å². The molecule has 8 rings (SSSR count). The molecule has 0 unspecified atom stereocenters. The molecule has 0 aromatic rings.